The molecule has 1 saturated carbocycles. The van der Waals surface area contributed by atoms with Gasteiger partial charge in [0.2, 0.25) is 0 Å². The number of hydrogen-bond donors (Lipinski definition) is 1. The number of ketones is 1. The average molecular weight is 258 g/mol. The van der Waals surface area contributed by atoms with Crippen molar-refractivity contribution in [2.45, 2.75) is 45.4 Å². The zero-order chi connectivity index (χ0) is 12.7. The van der Waals surface area contributed by atoms with Crippen LogP contribution in [-0.4, -0.2) is 28.4 Å². The van der Waals surface area contributed by atoms with E-state index in [-0.39, 0.29) is 11.7 Å². The first kappa shape index (κ1) is 14.6. The number of Topliss-reactive ketones (excluding diaryl/α,β-unsaturated/α-hetero) is 1. The minimum Gasteiger partial charge on any atom is -0.481 e. The maximum Gasteiger partial charge on any atom is 0.314 e. The fourth-order valence-corrected chi connectivity index (χ4v) is 3.53. The Morgan fingerprint density at radius 1 is 1.41 bits per heavy atom. The Bertz CT molecular complexity index is 265. The van der Waals surface area contributed by atoms with Crippen molar-refractivity contribution in [1.29, 1.82) is 0 Å². The first-order valence-electron chi connectivity index (χ1n) is 6.50. The topological polar surface area (TPSA) is 54.4 Å². The zero-order valence-electron chi connectivity index (χ0n) is 10.5. The third kappa shape index (κ3) is 4.70. The summed E-state index contributed by atoms with van der Waals surface area (Å²) in [6.07, 6.45) is 6.20. The molecule has 1 fully saturated rings. The van der Waals surface area contributed by atoms with Gasteiger partial charge in [0.15, 0.2) is 0 Å². The van der Waals surface area contributed by atoms with Gasteiger partial charge in [0.1, 0.15) is 11.7 Å². The Hall–Kier alpha value is -0.510. The van der Waals surface area contributed by atoms with Crippen LogP contribution in [0.15, 0.2) is 0 Å². The molecule has 0 spiro atoms. The van der Waals surface area contributed by atoms with Crippen LogP contribution in [0.3, 0.4) is 0 Å². The van der Waals surface area contributed by atoms with Crippen LogP contribution in [0.4, 0.5) is 0 Å². The van der Waals surface area contributed by atoms with Gasteiger partial charge in [-0.3, -0.25) is 9.59 Å². The van der Waals surface area contributed by atoms with E-state index in [9.17, 15) is 9.59 Å². The molecule has 4 heteroatoms. The van der Waals surface area contributed by atoms with E-state index in [0.717, 1.165) is 17.9 Å². The van der Waals surface area contributed by atoms with Crippen LogP contribution in [-0.2, 0) is 9.59 Å². The predicted octanol–water partition coefficient (Wildman–Crippen LogP) is 2.98. The molecule has 0 aromatic carbocycles. The minimum atomic E-state index is -0.927. The summed E-state index contributed by atoms with van der Waals surface area (Å²) < 4.78 is 0. The smallest absolute Gasteiger partial charge is 0.314 e. The standard InChI is InChI=1S/C13H22O3S/c1-2-3-4-5-8-17-9-10-6-7-11(14)12(10)13(15)16/h10,12H,2-9H2,1H3,(H,15,16). The lowest BCUT2D eigenvalue weighted by Gasteiger charge is -2.13. The number of rotatable bonds is 8. The lowest BCUT2D eigenvalue weighted by atomic mass is 9.98. The van der Waals surface area contributed by atoms with E-state index in [0.29, 0.717) is 6.42 Å². The predicted molar refractivity (Wildman–Crippen MR) is 70.3 cm³/mol. The Kier molecular flexibility index (Phi) is 6.63. The van der Waals surface area contributed by atoms with E-state index in [1.165, 1.54) is 25.7 Å². The molecule has 1 aliphatic rings. The average Bonchev–Trinajstić information content (AvgIpc) is 2.65. The molecule has 98 valence electrons. The third-order valence-corrected chi connectivity index (χ3v) is 4.56. The monoisotopic (exact) mass is 258 g/mol. The van der Waals surface area contributed by atoms with Crippen molar-refractivity contribution in [3.63, 3.8) is 0 Å². The maximum absolute atomic E-state index is 11.4. The van der Waals surface area contributed by atoms with Gasteiger partial charge in [-0.15, -0.1) is 0 Å². The van der Waals surface area contributed by atoms with Crippen molar-refractivity contribution in [3.05, 3.63) is 0 Å². The summed E-state index contributed by atoms with van der Waals surface area (Å²) >= 11 is 1.81. The molecule has 3 nitrogen and oxygen atoms in total. The van der Waals surface area contributed by atoms with E-state index in [4.69, 9.17) is 5.11 Å². The molecule has 2 atom stereocenters. The molecule has 0 aromatic heterocycles. The second-order valence-corrected chi connectivity index (χ2v) is 5.87. The second-order valence-electron chi connectivity index (χ2n) is 4.72. The van der Waals surface area contributed by atoms with E-state index in [1.807, 2.05) is 11.8 Å². The molecule has 17 heavy (non-hydrogen) atoms. The number of thioether (sulfide) groups is 1. The van der Waals surface area contributed by atoms with Gasteiger partial charge < -0.3 is 5.11 Å². The molecule has 0 radical (unpaired) electrons. The summed E-state index contributed by atoms with van der Waals surface area (Å²) in [5.74, 6) is 0.263. The normalized spacial score (nSPS) is 24.2. The Balaban J connectivity index is 2.18. The summed E-state index contributed by atoms with van der Waals surface area (Å²) in [5.41, 5.74) is 0. The number of carbonyl (C=O) groups excluding carboxylic acids is 1. The van der Waals surface area contributed by atoms with E-state index in [2.05, 4.69) is 6.92 Å². The number of carbonyl (C=O) groups is 2. The van der Waals surface area contributed by atoms with Crippen LogP contribution in [0, 0.1) is 11.8 Å². The van der Waals surface area contributed by atoms with Crippen molar-refractivity contribution >= 4 is 23.5 Å². The molecule has 0 heterocycles. The lowest BCUT2D eigenvalue weighted by molar-refractivity contribution is -0.146. The highest BCUT2D eigenvalue weighted by Gasteiger charge is 2.39. The SMILES string of the molecule is CCCCCCSCC1CCC(=O)C1C(=O)O. The van der Waals surface area contributed by atoms with Crippen LogP contribution in [0.1, 0.15) is 45.4 Å². The van der Waals surface area contributed by atoms with Crippen LogP contribution < -0.4 is 0 Å². The van der Waals surface area contributed by atoms with Crippen LogP contribution in [0.5, 0.6) is 0 Å². The molecule has 0 aliphatic heterocycles. The molecule has 1 aliphatic carbocycles. The maximum atomic E-state index is 11.4. The molecule has 0 amide bonds. The summed E-state index contributed by atoms with van der Waals surface area (Å²) in [5, 5.41) is 9.00. The van der Waals surface area contributed by atoms with Crippen molar-refractivity contribution in [3.8, 4) is 0 Å². The van der Waals surface area contributed by atoms with Crippen molar-refractivity contribution in [2.75, 3.05) is 11.5 Å². The summed E-state index contributed by atoms with van der Waals surface area (Å²) in [4.78, 5) is 22.4. The molecular weight excluding hydrogens is 236 g/mol. The van der Waals surface area contributed by atoms with Gasteiger partial charge in [0, 0.05) is 6.42 Å². The number of aliphatic carboxylic acids is 1. The minimum absolute atomic E-state index is 0.0659. The van der Waals surface area contributed by atoms with Gasteiger partial charge in [-0.1, -0.05) is 26.2 Å². The molecule has 1 rings (SSSR count). The first-order chi connectivity index (χ1) is 8.16. The Morgan fingerprint density at radius 3 is 2.82 bits per heavy atom. The van der Waals surface area contributed by atoms with Gasteiger partial charge in [0.25, 0.3) is 0 Å². The van der Waals surface area contributed by atoms with Crippen LogP contribution in [0.2, 0.25) is 0 Å². The highest BCUT2D eigenvalue weighted by molar-refractivity contribution is 7.99. The van der Waals surface area contributed by atoms with E-state index < -0.39 is 11.9 Å². The van der Waals surface area contributed by atoms with E-state index in [1.54, 1.807) is 0 Å². The van der Waals surface area contributed by atoms with Crippen molar-refractivity contribution in [1.82, 2.24) is 0 Å². The molecule has 0 saturated heterocycles. The van der Waals surface area contributed by atoms with Crippen molar-refractivity contribution < 1.29 is 14.7 Å². The second kappa shape index (κ2) is 7.75. The highest BCUT2D eigenvalue weighted by atomic mass is 32.2. The Labute approximate surface area is 107 Å². The quantitative estimate of drug-likeness (QED) is 0.537. The summed E-state index contributed by atoms with van der Waals surface area (Å²) in [7, 11) is 0. The third-order valence-electron chi connectivity index (χ3n) is 3.32. The largest absolute Gasteiger partial charge is 0.481 e. The lowest BCUT2D eigenvalue weighted by Crippen LogP contribution is -2.25. The first-order valence-corrected chi connectivity index (χ1v) is 7.65. The zero-order valence-corrected chi connectivity index (χ0v) is 11.3. The van der Waals surface area contributed by atoms with Crippen molar-refractivity contribution in [2.24, 2.45) is 11.8 Å². The van der Waals surface area contributed by atoms with Gasteiger partial charge in [-0.05, 0) is 30.3 Å². The fourth-order valence-electron chi connectivity index (χ4n) is 2.30. The molecular formula is C13H22O3S. The Morgan fingerprint density at radius 2 is 2.18 bits per heavy atom. The number of unbranched alkanes of at least 4 members (excludes halogenated alkanes) is 3. The van der Waals surface area contributed by atoms with Gasteiger partial charge in [0.05, 0.1) is 0 Å². The fraction of sp³-hybridized carbons (Fsp3) is 0.846. The number of hydrogen-bond acceptors (Lipinski definition) is 3. The van der Waals surface area contributed by atoms with Crippen LogP contribution in [0.25, 0.3) is 0 Å². The number of carboxylic acids is 1. The summed E-state index contributed by atoms with van der Waals surface area (Å²) in [6.45, 7) is 2.19. The molecule has 0 bridgehead atoms. The van der Waals surface area contributed by atoms with Gasteiger partial charge >= 0.3 is 5.97 Å². The number of carboxylic acid groups (broad SMARTS) is 1. The van der Waals surface area contributed by atoms with Gasteiger partial charge in [-0.2, -0.15) is 11.8 Å². The highest BCUT2D eigenvalue weighted by Crippen LogP contribution is 2.32. The van der Waals surface area contributed by atoms with Gasteiger partial charge in [-0.25, -0.2) is 0 Å². The summed E-state index contributed by atoms with van der Waals surface area (Å²) in [6, 6.07) is 0. The molecule has 2 unspecified atom stereocenters. The molecule has 1 N–H and O–H groups in total. The van der Waals surface area contributed by atoms with Crippen LogP contribution >= 0.6 is 11.8 Å². The van der Waals surface area contributed by atoms with E-state index >= 15 is 0 Å². The molecule has 0 aromatic rings.